The average molecular weight is 505 g/mol. The van der Waals surface area contributed by atoms with Crippen molar-refractivity contribution >= 4 is 16.6 Å². The Morgan fingerprint density at radius 1 is 1.14 bits per heavy atom. The highest BCUT2D eigenvalue weighted by Gasteiger charge is 2.56. The molecule has 0 radical (unpaired) electrons. The quantitative estimate of drug-likeness (QED) is 0.374. The van der Waals surface area contributed by atoms with E-state index in [1.807, 2.05) is 0 Å². The predicted molar refractivity (Wildman–Crippen MR) is 155 cm³/mol. The van der Waals surface area contributed by atoms with Crippen molar-refractivity contribution in [1.29, 1.82) is 0 Å². The molecule has 1 aliphatic carbocycles. The van der Waals surface area contributed by atoms with E-state index in [-0.39, 0.29) is 17.0 Å². The van der Waals surface area contributed by atoms with Gasteiger partial charge in [0, 0.05) is 49.5 Å². The van der Waals surface area contributed by atoms with Crippen molar-refractivity contribution < 1.29 is 4.39 Å². The van der Waals surface area contributed by atoms with Crippen LogP contribution in [0.1, 0.15) is 87.2 Å². The van der Waals surface area contributed by atoms with Crippen molar-refractivity contribution in [3.8, 4) is 0 Å². The molecule has 5 heteroatoms. The molecule has 0 bridgehead atoms. The van der Waals surface area contributed by atoms with Crippen LogP contribution in [0.4, 0.5) is 10.1 Å². The molecular formula is C32H45FN4. The molecule has 2 aromatic carbocycles. The SMILES string of the molecule is CCc1cc(C)c2c(ccn2N(C)C)c1C(C)(C)N1CCC2(CC1c1ccc(C)cc1N)CC(C)(F)C2. The molecule has 37 heavy (non-hydrogen) atoms. The van der Waals surface area contributed by atoms with Crippen LogP contribution >= 0.6 is 0 Å². The minimum absolute atomic E-state index is 0.0719. The minimum Gasteiger partial charge on any atom is -0.398 e. The number of anilines is 1. The largest absolute Gasteiger partial charge is 0.398 e. The summed E-state index contributed by atoms with van der Waals surface area (Å²) in [5.41, 5.74) is 14.1. The molecule has 2 fully saturated rings. The third kappa shape index (κ3) is 4.24. The lowest BCUT2D eigenvalue weighted by molar-refractivity contribution is -0.121. The van der Waals surface area contributed by atoms with Crippen molar-refractivity contribution in [1.82, 2.24) is 9.58 Å². The van der Waals surface area contributed by atoms with Gasteiger partial charge in [-0.2, -0.15) is 0 Å². The first-order valence-electron chi connectivity index (χ1n) is 13.9. The van der Waals surface area contributed by atoms with E-state index in [1.54, 1.807) is 6.92 Å². The number of fused-ring (bicyclic) bond motifs is 1. The lowest BCUT2D eigenvalue weighted by Crippen LogP contribution is -2.57. The zero-order valence-corrected chi connectivity index (χ0v) is 24.1. The lowest BCUT2D eigenvalue weighted by Gasteiger charge is -2.59. The second-order valence-electron chi connectivity index (χ2n) is 13.0. The zero-order chi connectivity index (χ0) is 26.9. The summed E-state index contributed by atoms with van der Waals surface area (Å²) in [6.07, 6.45) is 6.49. The Morgan fingerprint density at radius 2 is 1.84 bits per heavy atom. The molecule has 1 spiro atoms. The lowest BCUT2D eigenvalue weighted by atomic mass is 9.54. The van der Waals surface area contributed by atoms with Crippen LogP contribution in [0.5, 0.6) is 0 Å². The number of nitrogens with two attached hydrogens (primary N) is 1. The molecule has 1 aromatic heterocycles. The molecule has 2 N–H and O–H groups in total. The summed E-state index contributed by atoms with van der Waals surface area (Å²) >= 11 is 0. The number of rotatable bonds is 5. The second-order valence-corrected chi connectivity index (χ2v) is 13.0. The van der Waals surface area contributed by atoms with Crippen molar-refractivity contribution in [3.63, 3.8) is 0 Å². The average Bonchev–Trinajstić information content (AvgIpc) is 3.23. The number of aromatic nitrogens is 1. The topological polar surface area (TPSA) is 37.4 Å². The van der Waals surface area contributed by atoms with Gasteiger partial charge in [0.2, 0.25) is 0 Å². The Balaban J connectivity index is 1.66. The third-order valence-electron chi connectivity index (χ3n) is 9.34. The highest BCUT2D eigenvalue weighted by Crippen LogP contribution is 2.61. The van der Waals surface area contributed by atoms with Gasteiger partial charge in [0.1, 0.15) is 5.67 Å². The normalized spacial score (nSPS) is 26.6. The highest BCUT2D eigenvalue weighted by atomic mass is 19.1. The standard InChI is InChI=1S/C32H45FN4/c1-9-23-17-22(3)29-25(12-14-37(29)35(7)8)28(23)30(4,5)36-15-13-32(19-31(6,33)20-32)18-27(36)24-11-10-21(2)16-26(24)34/h10-12,14,16-17,27H,9,13,15,18-20,34H2,1-8H3. The van der Waals surface area contributed by atoms with Crippen LogP contribution in [0.2, 0.25) is 0 Å². The summed E-state index contributed by atoms with van der Waals surface area (Å²) in [6, 6.07) is 11.3. The van der Waals surface area contributed by atoms with Crippen LogP contribution in [-0.4, -0.2) is 35.9 Å². The first-order chi connectivity index (χ1) is 17.3. The van der Waals surface area contributed by atoms with Gasteiger partial charge >= 0.3 is 0 Å². The van der Waals surface area contributed by atoms with E-state index in [4.69, 9.17) is 5.73 Å². The van der Waals surface area contributed by atoms with E-state index >= 15 is 0 Å². The van der Waals surface area contributed by atoms with E-state index in [2.05, 4.69) is 99.8 Å². The van der Waals surface area contributed by atoms with Gasteiger partial charge in [-0.25, -0.2) is 4.39 Å². The van der Waals surface area contributed by atoms with E-state index < -0.39 is 5.67 Å². The van der Waals surface area contributed by atoms with E-state index in [0.29, 0.717) is 12.8 Å². The van der Waals surface area contributed by atoms with Crippen molar-refractivity contribution in [2.24, 2.45) is 5.41 Å². The number of likely N-dealkylation sites (tertiary alicyclic amines) is 1. The van der Waals surface area contributed by atoms with Gasteiger partial charge in [0.25, 0.3) is 0 Å². The molecule has 3 aromatic rings. The molecule has 1 aliphatic heterocycles. The maximum atomic E-state index is 14.8. The fourth-order valence-electron chi connectivity index (χ4n) is 7.98. The van der Waals surface area contributed by atoms with Crippen LogP contribution in [0.15, 0.2) is 36.5 Å². The molecule has 1 saturated heterocycles. The second kappa shape index (κ2) is 8.76. The first kappa shape index (κ1) is 26.1. The zero-order valence-electron chi connectivity index (χ0n) is 24.1. The Bertz CT molecular complexity index is 1320. The number of aryl methyl sites for hydroxylation is 3. The molecule has 1 atom stereocenters. The summed E-state index contributed by atoms with van der Waals surface area (Å²) in [5, 5.41) is 3.47. The summed E-state index contributed by atoms with van der Waals surface area (Å²) in [4.78, 5) is 2.68. The van der Waals surface area contributed by atoms with E-state index in [9.17, 15) is 4.39 Å². The van der Waals surface area contributed by atoms with Gasteiger partial charge in [-0.1, -0.05) is 25.1 Å². The fraction of sp³-hybridized carbons (Fsp3) is 0.562. The van der Waals surface area contributed by atoms with Gasteiger partial charge < -0.3 is 10.7 Å². The molecule has 4 nitrogen and oxygen atoms in total. The number of nitrogen functional groups attached to an aromatic ring is 1. The molecule has 1 saturated carbocycles. The van der Waals surface area contributed by atoms with Crippen molar-refractivity contribution in [2.75, 3.05) is 31.4 Å². The monoisotopic (exact) mass is 504 g/mol. The smallest absolute Gasteiger partial charge is 0.109 e. The van der Waals surface area contributed by atoms with E-state index in [1.165, 1.54) is 38.7 Å². The molecule has 2 aliphatic rings. The Kier molecular flexibility index (Phi) is 6.18. The van der Waals surface area contributed by atoms with Crippen LogP contribution in [0, 0.1) is 19.3 Å². The Hall–Kier alpha value is -2.53. The Labute approximate surface area is 222 Å². The maximum absolute atomic E-state index is 14.8. The molecule has 2 heterocycles. The number of benzene rings is 2. The number of hydrogen-bond donors (Lipinski definition) is 1. The predicted octanol–water partition coefficient (Wildman–Crippen LogP) is 7.18. The number of halogens is 1. The Morgan fingerprint density at radius 3 is 2.43 bits per heavy atom. The molecular weight excluding hydrogens is 459 g/mol. The fourth-order valence-corrected chi connectivity index (χ4v) is 7.98. The summed E-state index contributed by atoms with van der Waals surface area (Å²) in [5.74, 6) is 0. The van der Waals surface area contributed by atoms with E-state index in [0.717, 1.165) is 31.5 Å². The van der Waals surface area contributed by atoms with Gasteiger partial charge in [-0.05, 0) is 112 Å². The molecule has 200 valence electrons. The first-order valence-corrected chi connectivity index (χ1v) is 13.9. The number of nitrogens with zero attached hydrogens (tertiary/aromatic N) is 3. The molecule has 0 amide bonds. The third-order valence-corrected chi connectivity index (χ3v) is 9.34. The van der Waals surface area contributed by atoms with Gasteiger partial charge in [0.15, 0.2) is 0 Å². The molecule has 1 unspecified atom stereocenters. The van der Waals surface area contributed by atoms with Crippen molar-refractivity contribution in [2.45, 2.75) is 90.9 Å². The number of hydrogen-bond acceptors (Lipinski definition) is 3. The maximum Gasteiger partial charge on any atom is 0.109 e. The van der Waals surface area contributed by atoms with Crippen LogP contribution < -0.4 is 10.7 Å². The van der Waals surface area contributed by atoms with Crippen LogP contribution in [0.3, 0.4) is 0 Å². The molecule has 5 rings (SSSR count). The number of piperidine rings is 1. The van der Waals surface area contributed by atoms with Gasteiger partial charge in [0.05, 0.1) is 5.52 Å². The minimum atomic E-state index is -1.03. The number of alkyl halides is 1. The van der Waals surface area contributed by atoms with Crippen LogP contribution in [0.25, 0.3) is 10.9 Å². The van der Waals surface area contributed by atoms with Gasteiger partial charge in [-0.15, -0.1) is 0 Å². The summed E-state index contributed by atoms with van der Waals surface area (Å²) < 4.78 is 17.1. The summed E-state index contributed by atoms with van der Waals surface area (Å²) in [7, 11) is 4.18. The van der Waals surface area contributed by atoms with Gasteiger partial charge in [-0.3, -0.25) is 9.58 Å². The van der Waals surface area contributed by atoms with Crippen molar-refractivity contribution in [3.05, 3.63) is 64.3 Å². The van der Waals surface area contributed by atoms with Crippen LogP contribution in [-0.2, 0) is 12.0 Å². The summed E-state index contributed by atoms with van der Waals surface area (Å²) in [6.45, 7) is 14.1. The highest BCUT2D eigenvalue weighted by molar-refractivity contribution is 5.89.